The Bertz CT molecular complexity index is 936. The monoisotopic (exact) mass is 443 g/mol. The molecule has 0 aromatic heterocycles. The van der Waals surface area contributed by atoms with Crippen LogP contribution in [0.15, 0.2) is 59.5 Å². The summed E-state index contributed by atoms with van der Waals surface area (Å²) in [4.78, 5) is 15.0. The van der Waals surface area contributed by atoms with E-state index in [2.05, 4.69) is 22.3 Å². The average Bonchev–Trinajstić information content (AvgIpc) is 3.07. The van der Waals surface area contributed by atoms with Crippen molar-refractivity contribution in [2.45, 2.75) is 43.0 Å². The predicted octanol–water partition coefficient (Wildman–Crippen LogP) is 3.15. The first-order valence-corrected chi connectivity index (χ1v) is 12.4. The number of likely N-dealkylation sites (N-methyl/N-ethyl adjacent to an activating group) is 1. The van der Waals surface area contributed by atoms with Crippen molar-refractivity contribution in [2.24, 2.45) is 0 Å². The molecule has 1 atom stereocenters. The SMILES string of the molecule is CN(C)C(CNC(=O)c1ccc(S(=O)(=O)N2CCCCCC2)cc1)Cc1ccccc1. The molecule has 1 fully saturated rings. The Morgan fingerprint density at radius 2 is 1.58 bits per heavy atom. The van der Waals surface area contributed by atoms with Gasteiger partial charge in [0.15, 0.2) is 0 Å². The van der Waals surface area contributed by atoms with Crippen LogP contribution in [-0.2, 0) is 16.4 Å². The van der Waals surface area contributed by atoms with Gasteiger partial charge in [-0.05, 0) is 63.2 Å². The van der Waals surface area contributed by atoms with Crippen molar-refractivity contribution in [1.29, 1.82) is 0 Å². The third-order valence-corrected chi connectivity index (χ3v) is 7.77. The summed E-state index contributed by atoms with van der Waals surface area (Å²) in [6.45, 7) is 1.64. The van der Waals surface area contributed by atoms with Crippen molar-refractivity contribution in [1.82, 2.24) is 14.5 Å². The maximum absolute atomic E-state index is 12.9. The number of benzene rings is 2. The van der Waals surface area contributed by atoms with Gasteiger partial charge in [-0.15, -0.1) is 0 Å². The number of carbonyl (C=O) groups excluding carboxylic acids is 1. The Morgan fingerprint density at radius 3 is 2.16 bits per heavy atom. The van der Waals surface area contributed by atoms with Crippen molar-refractivity contribution >= 4 is 15.9 Å². The highest BCUT2D eigenvalue weighted by atomic mass is 32.2. The number of rotatable bonds is 8. The zero-order chi connectivity index (χ0) is 22.3. The molecule has 0 bridgehead atoms. The Kier molecular flexibility index (Phi) is 8.23. The normalized spacial score (nSPS) is 16.6. The molecule has 7 heteroatoms. The quantitative estimate of drug-likeness (QED) is 0.680. The highest BCUT2D eigenvalue weighted by Gasteiger charge is 2.25. The average molecular weight is 444 g/mol. The van der Waals surface area contributed by atoms with Crippen LogP contribution >= 0.6 is 0 Å². The van der Waals surface area contributed by atoms with Gasteiger partial charge in [0.25, 0.3) is 5.91 Å². The molecule has 2 aromatic carbocycles. The van der Waals surface area contributed by atoms with E-state index in [1.165, 1.54) is 5.56 Å². The molecule has 0 spiro atoms. The second kappa shape index (κ2) is 10.9. The number of sulfonamides is 1. The first-order chi connectivity index (χ1) is 14.9. The van der Waals surface area contributed by atoms with Crippen LogP contribution in [0.25, 0.3) is 0 Å². The van der Waals surface area contributed by atoms with Crippen LogP contribution in [0.5, 0.6) is 0 Å². The standard InChI is InChI=1S/C24H33N3O3S/c1-26(2)22(18-20-10-6-5-7-11-20)19-25-24(28)21-12-14-23(15-13-21)31(29,30)27-16-8-3-4-9-17-27/h5-7,10-15,22H,3-4,8-9,16-19H2,1-2H3,(H,25,28). The van der Waals surface area contributed by atoms with Gasteiger partial charge in [-0.3, -0.25) is 4.79 Å². The third-order valence-electron chi connectivity index (χ3n) is 5.86. The summed E-state index contributed by atoms with van der Waals surface area (Å²) in [6.07, 6.45) is 4.78. The van der Waals surface area contributed by atoms with Crippen LogP contribution in [0.3, 0.4) is 0 Å². The maximum Gasteiger partial charge on any atom is 0.251 e. The second-order valence-corrected chi connectivity index (χ2v) is 10.3. The molecule has 1 amide bonds. The van der Waals surface area contributed by atoms with Crippen molar-refractivity contribution in [2.75, 3.05) is 33.7 Å². The number of hydrogen-bond acceptors (Lipinski definition) is 4. The highest BCUT2D eigenvalue weighted by molar-refractivity contribution is 7.89. The minimum absolute atomic E-state index is 0.161. The van der Waals surface area contributed by atoms with Gasteiger partial charge in [-0.25, -0.2) is 8.42 Å². The minimum atomic E-state index is -3.50. The van der Waals surface area contributed by atoms with Gasteiger partial charge >= 0.3 is 0 Å². The van der Waals surface area contributed by atoms with Crippen molar-refractivity contribution in [3.8, 4) is 0 Å². The summed E-state index contributed by atoms with van der Waals surface area (Å²) >= 11 is 0. The van der Waals surface area contributed by atoms with Gasteiger partial charge in [0, 0.05) is 31.2 Å². The third kappa shape index (κ3) is 6.38. The van der Waals surface area contributed by atoms with E-state index in [0.29, 0.717) is 25.2 Å². The largest absolute Gasteiger partial charge is 0.350 e. The smallest absolute Gasteiger partial charge is 0.251 e. The summed E-state index contributed by atoms with van der Waals surface area (Å²) in [5.74, 6) is -0.196. The molecule has 0 saturated carbocycles. The van der Waals surface area contributed by atoms with Gasteiger partial charge in [0.2, 0.25) is 10.0 Å². The van der Waals surface area contributed by atoms with Crippen LogP contribution in [0.2, 0.25) is 0 Å². The summed E-state index contributed by atoms with van der Waals surface area (Å²) in [5, 5.41) is 2.99. The zero-order valence-corrected chi connectivity index (χ0v) is 19.3. The molecular formula is C24H33N3O3S. The van der Waals surface area contributed by atoms with E-state index in [1.807, 2.05) is 32.3 Å². The summed E-state index contributed by atoms with van der Waals surface area (Å²) in [6, 6.07) is 16.6. The molecule has 0 radical (unpaired) electrons. The molecule has 31 heavy (non-hydrogen) atoms. The van der Waals surface area contributed by atoms with Gasteiger partial charge in [0.05, 0.1) is 4.90 Å². The van der Waals surface area contributed by atoms with Crippen LogP contribution in [-0.4, -0.2) is 63.3 Å². The van der Waals surface area contributed by atoms with Gasteiger partial charge in [-0.2, -0.15) is 4.31 Å². The van der Waals surface area contributed by atoms with Crippen LogP contribution < -0.4 is 5.32 Å². The highest BCUT2D eigenvalue weighted by Crippen LogP contribution is 2.20. The Balaban J connectivity index is 1.61. The Hall–Kier alpha value is -2.22. The number of carbonyl (C=O) groups is 1. The van der Waals surface area contributed by atoms with E-state index in [4.69, 9.17) is 0 Å². The van der Waals surface area contributed by atoms with Gasteiger partial charge in [-0.1, -0.05) is 43.2 Å². The van der Waals surface area contributed by atoms with E-state index in [1.54, 1.807) is 28.6 Å². The first kappa shape index (κ1) is 23.4. The molecule has 2 aromatic rings. The molecule has 3 rings (SSSR count). The first-order valence-electron chi connectivity index (χ1n) is 11.0. The predicted molar refractivity (Wildman–Crippen MR) is 124 cm³/mol. The summed E-state index contributed by atoms with van der Waals surface area (Å²) in [7, 11) is 0.500. The maximum atomic E-state index is 12.9. The molecule has 1 heterocycles. The van der Waals surface area contributed by atoms with Crippen LogP contribution in [0, 0.1) is 0 Å². The van der Waals surface area contributed by atoms with E-state index in [9.17, 15) is 13.2 Å². The van der Waals surface area contributed by atoms with Crippen LogP contribution in [0.1, 0.15) is 41.6 Å². The van der Waals surface area contributed by atoms with Gasteiger partial charge < -0.3 is 10.2 Å². The molecule has 6 nitrogen and oxygen atoms in total. The van der Waals surface area contributed by atoms with Crippen molar-refractivity contribution in [3.05, 3.63) is 65.7 Å². The Labute approximate surface area is 186 Å². The minimum Gasteiger partial charge on any atom is -0.350 e. The fourth-order valence-electron chi connectivity index (χ4n) is 3.85. The van der Waals surface area contributed by atoms with E-state index in [-0.39, 0.29) is 16.8 Å². The molecule has 0 aliphatic carbocycles. The zero-order valence-electron chi connectivity index (χ0n) is 18.5. The lowest BCUT2D eigenvalue weighted by molar-refractivity contribution is 0.0941. The van der Waals surface area contributed by atoms with E-state index >= 15 is 0 Å². The van der Waals surface area contributed by atoms with Crippen molar-refractivity contribution in [3.63, 3.8) is 0 Å². The lowest BCUT2D eigenvalue weighted by atomic mass is 10.1. The fraction of sp³-hybridized carbons (Fsp3) is 0.458. The number of nitrogens with one attached hydrogen (secondary N) is 1. The van der Waals surface area contributed by atoms with E-state index in [0.717, 1.165) is 32.1 Å². The van der Waals surface area contributed by atoms with E-state index < -0.39 is 10.0 Å². The number of nitrogens with zero attached hydrogens (tertiary/aromatic N) is 2. The molecule has 1 aliphatic heterocycles. The second-order valence-electron chi connectivity index (χ2n) is 8.36. The molecule has 1 N–H and O–H groups in total. The molecule has 1 unspecified atom stereocenters. The molecular weight excluding hydrogens is 410 g/mol. The number of hydrogen-bond donors (Lipinski definition) is 1. The lowest BCUT2D eigenvalue weighted by Crippen LogP contribution is -2.41. The fourth-order valence-corrected chi connectivity index (χ4v) is 5.36. The topological polar surface area (TPSA) is 69.7 Å². The molecule has 168 valence electrons. The van der Waals surface area contributed by atoms with Crippen LogP contribution in [0.4, 0.5) is 0 Å². The van der Waals surface area contributed by atoms with Gasteiger partial charge in [0.1, 0.15) is 0 Å². The molecule has 1 aliphatic rings. The lowest BCUT2D eigenvalue weighted by Gasteiger charge is -2.25. The Morgan fingerprint density at radius 1 is 0.968 bits per heavy atom. The molecule has 1 saturated heterocycles. The summed E-state index contributed by atoms with van der Waals surface area (Å²) in [5.41, 5.74) is 1.69. The van der Waals surface area contributed by atoms with Crippen molar-refractivity contribution < 1.29 is 13.2 Å². The summed E-state index contributed by atoms with van der Waals surface area (Å²) < 4.78 is 27.4. The number of amides is 1.